The van der Waals surface area contributed by atoms with Crippen molar-refractivity contribution in [3.8, 4) is 0 Å². The lowest BCUT2D eigenvalue weighted by Crippen LogP contribution is -2.36. The molecule has 0 radical (unpaired) electrons. The lowest BCUT2D eigenvalue weighted by Gasteiger charge is -2.24. The molecule has 0 aromatic heterocycles. The number of halogens is 1. The summed E-state index contributed by atoms with van der Waals surface area (Å²) >= 11 is 6.03. The van der Waals surface area contributed by atoms with Crippen molar-refractivity contribution in [2.75, 3.05) is 0 Å². The molecule has 16 heavy (non-hydrogen) atoms. The van der Waals surface area contributed by atoms with Crippen molar-refractivity contribution in [1.29, 1.82) is 0 Å². The predicted octanol–water partition coefficient (Wildman–Crippen LogP) is 2.69. The molecule has 0 saturated heterocycles. The lowest BCUT2D eigenvalue weighted by molar-refractivity contribution is 0.127. The number of rotatable bonds is 4. The Morgan fingerprint density at radius 1 is 1.44 bits per heavy atom. The van der Waals surface area contributed by atoms with Gasteiger partial charge in [-0.05, 0) is 26.0 Å². The van der Waals surface area contributed by atoms with Crippen LogP contribution in [0.25, 0.3) is 0 Å². The van der Waals surface area contributed by atoms with Gasteiger partial charge in [0.1, 0.15) is 10.3 Å². The molecule has 0 heterocycles. The van der Waals surface area contributed by atoms with E-state index in [2.05, 4.69) is 0 Å². The first-order chi connectivity index (χ1) is 7.49. The largest absolute Gasteiger partial charge is 0.384 e. The third-order valence-corrected chi connectivity index (χ3v) is 4.64. The highest BCUT2D eigenvalue weighted by Gasteiger charge is 2.32. The molecule has 0 aliphatic carbocycles. The third-order valence-electron chi connectivity index (χ3n) is 2.13. The van der Waals surface area contributed by atoms with Crippen molar-refractivity contribution in [3.63, 3.8) is 0 Å². The van der Waals surface area contributed by atoms with Gasteiger partial charge in [-0.3, -0.25) is 4.21 Å². The topological polar surface area (TPSA) is 37.3 Å². The number of hydrogen-bond donors (Lipinski definition) is 1. The fourth-order valence-electron chi connectivity index (χ4n) is 1.30. The summed E-state index contributed by atoms with van der Waals surface area (Å²) in [6, 6.07) is 8.89. The first-order valence-electron chi connectivity index (χ1n) is 4.95. The summed E-state index contributed by atoms with van der Waals surface area (Å²) in [7, 11) is -1.43. The van der Waals surface area contributed by atoms with E-state index in [0.29, 0.717) is 4.90 Å². The van der Waals surface area contributed by atoms with Crippen molar-refractivity contribution in [1.82, 2.24) is 0 Å². The standard InChI is InChI=1S/C12H15ClO2S/c1-3-9-12(2,14)11(13)16(15)10-7-5-4-6-8-10/h3-9,11,14H,1-2H3/b9-3+. The second kappa shape index (κ2) is 5.62. The highest BCUT2D eigenvalue weighted by atomic mass is 35.5. The lowest BCUT2D eigenvalue weighted by atomic mass is 10.1. The fourth-order valence-corrected chi connectivity index (χ4v) is 2.86. The van der Waals surface area contributed by atoms with Crippen LogP contribution in [-0.2, 0) is 10.8 Å². The second-order valence-corrected chi connectivity index (χ2v) is 5.89. The van der Waals surface area contributed by atoms with E-state index in [1.165, 1.54) is 0 Å². The summed E-state index contributed by atoms with van der Waals surface area (Å²) < 4.78 is 11.2. The number of benzene rings is 1. The third kappa shape index (κ3) is 3.17. The average molecular weight is 259 g/mol. The highest BCUT2D eigenvalue weighted by molar-refractivity contribution is 7.87. The van der Waals surface area contributed by atoms with Gasteiger partial charge in [-0.15, -0.1) is 11.6 Å². The Hall–Kier alpha value is -0.640. The zero-order chi connectivity index (χ0) is 12.2. The molecule has 1 N–H and O–H groups in total. The molecular formula is C12H15ClO2S. The molecule has 1 rings (SSSR count). The predicted molar refractivity (Wildman–Crippen MR) is 67.9 cm³/mol. The molecule has 4 heteroatoms. The van der Waals surface area contributed by atoms with Crippen LogP contribution in [0.3, 0.4) is 0 Å². The molecule has 3 unspecified atom stereocenters. The van der Waals surface area contributed by atoms with Gasteiger partial charge in [-0.1, -0.05) is 30.4 Å². The normalized spacial score (nSPS) is 19.2. The maximum atomic E-state index is 12.1. The van der Waals surface area contributed by atoms with Gasteiger partial charge < -0.3 is 5.11 Å². The quantitative estimate of drug-likeness (QED) is 0.666. The summed E-state index contributed by atoms with van der Waals surface area (Å²) in [6.07, 6.45) is 3.24. The Labute approximate surface area is 103 Å². The summed E-state index contributed by atoms with van der Waals surface area (Å²) in [5.74, 6) is 0. The molecular weight excluding hydrogens is 244 g/mol. The molecule has 88 valence electrons. The Balaban J connectivity index is 2.91. The Kier molecular flexibility index (Phi) is 4.71. The van der Waals surface area contributed by atoms with Crippen molar-refractivity contribution in [3.05, 3.63) is 42.5 Å². The van der Waals surface area contributed by atoms with Crippen molar-refractivity contribution in [2.45, 2.75) is 29.1 Å². The average Bonchev–Trinajstić information content (AvgIpc) is 2.28. The number of alkyl halides is 1. The molecule has 0 spiro atoms. The summed E-state index contributed by atoms with van der Waals surface area (Å²) in [5, 5.41) is 10.0. The minimum absolute atomic E-state index is 0.618. The van der Waals surface area contributed by atoms with Gasteiger partial charge in [0.15, 0.2) is 0 Å². The van der Waals surface area contributed by atoms with Gasteiger partial charge in [-0.25, -0.2) is 0 Å². The van der Waals surface area contributed by atoms with Crippen LogP contribution >= 0.6 is 11.6 Å². The number of aliphatic hydroxyl groups is 1. The zero-order valence-corrected chi connectivity index (χ0v) is 10.8. The molecule has 1 aromatic carbocycles. The van der Waals surface area contributed by atoms with E-state index < -0.39 is 21.1 Å². The van der Waals surface area contributed by atoms with Crippen LogP contribution < -0.4 is 0 Å². The van der Waals surface area contributed by atoms with E-state index in [9.17, 15) is 9.32 Å². The maximum absolute atomic E-state index is 12.1. The Bertz CT molecular complexity index is 387. The van der Waals surface area contributed by atoms with Crippen LogP contribution in [0.1, 0.15) is 13.8 Å². The number of allylic oxidation sites excluding steroid dienone is 1. The first-order valence-corrected chi connectivity index (χ1v) is 6.60. The minimum atomic E-state index is -1.43. The fraction of sp³-hybridized carbons (Fsp3) is 0.333. The van der Waals surface area contributed by atoms with E-state index in [1.807, 2.05) is 6.07 Å². The van der Waals surface area contributed by atoms with Crippen LogP contribution in [-0.4, -0.2) is 19.6 Å². The molecule has 0 bridgehead atoms. The zero-order valence-electron chi connectivity index (χ0n) is 9.26. The van der Waals surface area contributed by atoms with Gasteiger partial charge >= 0.3 is 0 Å². The summed E-state index contributed by atoms with van der Waals surface area (Å²) in [5.41, 5.74) is -1.28. The van der Waals surface area contributed by atoms with Crippen molar-refractivity contribution >= 4 is 22.4 Å². The molecule has 2 nitrogen and oxygen atoms in total. The van der Waals surface area contributed by atoms with Gasteiger partial charge in [0, 0.05) is 4.90 Å². The molecule has 0 saturated carbocycles. The maximum Gasteiger partial charge on any atom is 0.145 e. The Morgan fingerprint density at radius 3 is 2.50 bits per heavy atom. The molecule has 1 aromatic rings. The molecule has 0 aliphatic rings. The monoisotopic (exact) mass is 258 g/mol. The van der Waals surface area contributed by atoms with Gasteiger partial charge in [0.2, 0.25) is 0 Å². The smallest absolute Gasteiger partial charge is 0.145 e. The van der Waals surface area contributed by atoms with Crippen LogP contribution in [0.4, 0.5) is 0 Å². The van der Waals surface area contributed by atoms with Gasteiger partial charge in [0.25, 0.3) is 0 Å². The Morgan fingerprint density at radius 2 is 2.00 bits per heavy atom. The van der Waals surface area contributed by atoms with Crippen LogP contribution in [0.5, 0.6) is 0 Å². The van der Waals surface area contributed by atoms with E-state index >= 15 is 0 Å². The van der Waals surface area contributed by atoms with E-state index in [4.69, 9.17) is 11.6 Å². The van der Waals surface area contributed by atoms with Crippen molar-refractivity contribution in [2.24, 2.45) is 0 Å². The minimum Gasteiger partial charge on any atom is -0.384 e. The summed E-state index contributed by atoms with van der Waals surface area (Å²) in [6.45, 7) is 3.33. The molecule has 0 aliphatic heterocycles. The van der Waals surface area contributed by atoms with Gasteiger partial charge in [0.05, 0.1) is 10.8 Å². The van der Waals surface area contributed by atoms with E-state index in [-0.39, 0.29) is 0 Å². The number of hydrogen-bond acceptors (Lipinski definition) is 2. The SMILES string of the molecule is C/C=C/C(C)(O)C(Cl)S(=O)c1ccccc1. The van der Waals surface area contributed by atoms with Crippen LogP contribution in [0.2, 0.25) is 0 Å². The van der Waals surface area contributed by atoms with Crippen LogP contribution in [0, 0.1) is 0 Å². The molecule has 3 atom stereocenters. The molecule has 0 amide bonds. The highest BCUT2D eigenvalue weighted by Crippen LogP contribution is 2.25. The summed E-state index contributed by atoms with van der Waals surface area (Å²) in [4.78, 5) is 0.618. The van der Waals surface area contributed by atoms with Crippen LogP contribution in [0.15, 0.2) is 47.4 Å². The van der Waals surface area contributed by atoms with Gasteiger partial charge in [-0.2, -0.15) is 0 Å². The van der Waals surface area contributed by atoms with E-state index in [0.717, 1.165) is 0 Å². The first kappa shape index (κ1) is 13.4. The van der Waals surface area contributed by atoms with E-state index in [1.54, 1.807) is 50.3 Å². The second-order valence-electron chi connectivity index (χ2n) is 3.65. The molecule has 0 fully saturated rings. The van der Waals surface area contributed by atoms with Crippen molar-refractivity contribution < 1.29 is 9.32 Å².